The third-order valence-corrected chi connectivity index (χ3v) is 4.47. The van der Waals surface area contributed by atoms with Crippen LogP contribution in [0.15, 0.2) is 52.7 Å². The average Bonchev–Trinajstić information content (AvgIpc) is 2.61. The van der Waals surface area contributed by atoms with Crippen LogP contribution in [0.1, 0.15) is 17.0 Å². The molecule has 1 aromatic heterocycles. The van der Waals surface area contributed by atoms with E-state index in [4.69, 9.17) is 0 Å². The van der Waals surface area contributed by atoms with E-state index in [2.05, 4.69) is 20.5 Å². The minimum absolute atomic E-state index is 0.111. The standard InChI is InChI=1S/C19H18N4O2S/c1-12-9-13(2)22-19(21-12)26-11-18(25)23-20-10-16-15-6-4-3-5-14(15)7-8-17(16)24/h3-10,24H,11H2,1-2H3,(H,23,25)/b20-10-. The largest absolute Gasteiger partial charge is 0.507 e. The van der Waals surface area contributed by atoms with Crippen molar-refractivity contribution >= 4 is 34.7 Å². The number of hydrogen-bond acceptors (Lipinski definition) is 6. The van der Waals surface area contributed by atoms with Crippen molar-refractivity contribution in [2.24, 2.45) is 5.10 Å². The number of nitrogens with one attached hydrogen (secondary N) is 1. The zero-order valence-corrected chi connectivity index (χ0v) is 15.2. The molecule has 7 heteroatoms. The summed E-state index contributed by atoms with van der Waals surface area (Å²) in [6.45, 7) is 3.78. The van der Waals surface area contributed by atoms with Crippen LogP contribution in [0.2, 0.25) is 0 Å². The number of hydrazone groups is 1. The molecule has 0 aliphatic carbocycles. The number of aryl methyl sites for hydroxylation is 2. The predicted molar refractivity (Wildman–Crippen MR) is 104 cm³/mol. The summed E-state index contributed by atoms with van der Waals surface area (Å²) < 4.78 is 0. The molecule has 0 aliphatic rings. The number of phenolic OH excluding ortho intramolecular Hbond substituents is 1. The van der Waals surface area contributed by atoms with Crippen LogP contribution in [0.5, 0.6) is 5.75 Å². The Hall–Kier alpha value is -2.93. The highest BCUT2D eigenvalue weighted by atomic mass is 32.2. The maximum absolute atomic E-state index is 12.0. The number of carbonyl (C=O) groups excluding carboxylic acids is 1. The van der Waals surface area contributed by atoms with Gasteiger partial charge in [-0.15, -0.1) is 0 Å². The zero-order chi connectivity index (χ0) is 18.5. The molecule has 6 nitrogen and oxygen atoms in total. The third kappa shape index (κ3) is 4.37. The van der Waals surface area contributed by atoms with Gasteiger partial charge in [-0.25, -0.2) is 15.4 Å². The van der Waals surface area contributed by atoms with E-state index in [0.29, 0.717) is 10.7 Å². The Labute approximate surface area is 155 Å². The Morgan fingerprint density at radius 2 is 1.92 bits per heavy atom. The van der Waals surface area contributed by atoms with Gasteiger partial charge >= 0.3 is 0 Å². The van der Waals surface area contributed by atoms with Crippen LogP contribution in [0.25, 0.3) is 10.8 Å². The van der Waals surface area contributed by atoms with Gasteiger partial charge in [-0.2, -0.15) is 5.10 Å². The second-order valence-corrected chi connectivity index (χ2v) is 6.68. The van der Waals surface area contributed by atoms with Gasteiger partial charge in [0, 0.05) is 17.0 Å². The van der Waals surface area contributed by atoms with Crippen LogP contribution in [-0.4, -0.2) is 32.9 Å². The zero-order valence-electron chi connectivity index (χ0n) is 14.4. The highest BCUT2D eigenvalue weighted by Crippen LogP contribution is 2.25. The van der Waals surface area contributed by atoms with Crippen molar-refractivity contribution in [2.45, 2.75) is 19.0 Å². The van der Waals surface area contributed by atoms with Crippen molar-refractivity contribution in [1.29, 1.82) is 0 Å². The summed E-state index contributed by atoms with van der Waals surface area (Å²) >= 11 is 1.25. The Kier molecular flexibility index (Phi) is 5.48. The number of amides is 1. The Balaban J connectivity index is 1.63. The van der Waals surface area contributed by atoms with Crippen LogP contribution in [0.4, 0.5) is 0 Å². The maximum Gasteiger partial charge on any atom is 0.250 e. The molecular formula is C19H18N4O2S. The number of aromatic nitrogens is 2. The van der Waals surface area contributed by atoms with Gasteiger partial charge < -0.3 is 5.11 Å². The molecule has 0 saturated heterocycles. The molecule has 3 aromatic rings. The van der Waals surface area contributed by atoms with Gasteiger partial charge in [-0.1, -0.05) is 42.1 Å². The summed E-state index contributed by atoms with van der Waals surface area (Å²) in [5.74, 6) is -0.00433. The smallest absolute Gasteiger partial charge is 0.250 e. The quantitative estimate of drug-likeness (QED) is 0.313. The lowest BCUT2D eigenvalue weighted by atomic mass is 10.0. The first-order valence-electron chi connectivity index (χ1n) is 8.00. The van der Waals surface area contributed by atoms with Gasteiger partial charge in [-0.05, 0) is 36.8 Å². The lowest BCUT2D eigenvalue weighted by Gasteiger charge is -2.05. The highest BCUT2D eigenvalue weighted by molar-refractivity contribution is 7.99. The van der Waals surface area contributed by atoms with Gasteiger partial charge in [0.2, 0.25) is 0 Å². The van der Waals surface area contributed by atoms with E-state index >= 15 is 0 Å². The molecule has 0 radical (unpaired) electrons. The fourth-order valence-corrected chi connectivity index (χ4v) is 3.25. The maximum atomic E-state index is 12.0. The average molecular weight is 366 g/mol. The normalized spacial score (nSPS) is 11.2. The molecule has 3 rings (SSSR count). The van der Waals surface area contributed by atoms with E-state index in [-0.39, 0.29) is 17.4 Å². The van der Waals surface area contributed by atoms with Crippen molar-refractivity contribution in [1.82, 2.24) is 15.4 Å². The molecule has 2 aromatic carbocycles. The topological polar surface area (TPSA) is 87.5 Å². The van der Waals surface area contributed by atoms with Crippen molar-refractivity contribution < 1.29 is 9.90 Å². The van der Waals surface area contributed by atoms with Crippen LogP contribution in [0, 0.1) is 13.8 Å². The monoisotopic (exact) mass is 366 g/mol. The van der Waals surface area contributed by atoms with Gasteiger partial charge in [0.15, 0.2) is 5.16 Å². The Bertz CT molecular complexity index is 968. The van der Waals surface area contributed by atoms with Crippen LogP contribution in [-0.2, 0) is 4.79 Å². The molecule has 132 valence electrons. The van der Waals surface area contributed by atoms with Crippen molar-refractivity contribution in [3.05, 3.63) is 59.4 Å². The summed E-state index contributed by atoms with van der Waals surface area (Å²) in [5.41, 5.74) is 4.76. The predicted octanol–water partition coefficient (Wildman–Crippen LogP) is 3.19. The third-order valence-electron chi connectivity index (χ3n) is 3.62. The van der Waals surface area contributed by atoms with E-state index in [9.17, 15) is 9.90 Å². The Morgan fingerprint density at radius 3 is 2.69 bits per heavy atom. The molecule has 0 fully saturated rings. The molecule has 1 heterocycles. The first-order valence-corrected chi connectivity index (χ1v) is 8.99. The van der Waals surface area contributed by atoms with Crippen molar-refractivity contribution in [2.75, 3.05) is 5.75 Å². The number of aromatic hydroxyl groups is 1. The number of hydrogen-bond donors (Lipinski definition) is 2. The number of nitrogens with zero attached hydrogens (tertiary/aromatic N) is 3. The minimum Gasteiger partial charge on any atom is -0.507 e. The lowest BCUT2D eigenvalue weighted by Crippen LogP contribution is -2.19. The minimum atomic E-state index is -0.270. The summed E-state index contributed by atoms with van der Waals surface area (Å²) in [7, 11) is 0. The first-order chi connectivity index (χ1) is 12.5. The number of phenols is 1. The Morgan fingerprint density at radius 1 is 1.19 bits per heavy atom. The summed E-state index contributed by atoms with van der Waals surface area (Å²) in [6, 6.07) is 13.0. The van der Waals surface area contributed by atoms with E-state index < -0.39 is 0 Å². The molecule has 0 bridgehead atoms. The van der Waals surface area contributed by atoms with E-state index in [1.807, 2.05) is 50.2 Å². The van der Waals surface area contributed by atoms with E-state index in [0.717, 1.165) is 22.2 Å². The van der Waals surface area contributed by atoms with E-state index in [1.165, 1.54) is 18.0 Å². The molecule has 0 atom stereocenters. The fourth-order valence-electron chi connectivity index (χ4n) is 2.51. The SMILES string of the molecule is Cc1cc(C)nc(SCC(=O)N/N=C\c2c(O)ccc3ccccc23)n1. The fraction of sp³-hybridized carbons (Fsp3) is 0.158. The van der Waals surface area contributed by atoms with Crippen molar-refractivity contribution in [3.8, 4) is 5.75 Å². The lowest BCUT2D eigenvalue weighted by molar-refractivity contribution is -0.118. The molecule has 2 N–H and O–H groups in total. The second kappa shape index (κ2) is 7.97. The van der Waals surface area contributed by atoms with Crippen LogP contribution in [0.3, 0.4) is 0 Å². The molecule has 26 heavy (non-hydrogen) atoms. The molecule has 0 saturated carbocycles. The molecule has 0 spiro atoms. The molecular weight excluding hydrogens is 348 g/mol. The summed E-state index contributed by atoms with van der Waals surface area (Å²) in [5, 5.41) is 16.4. The van der Waals surface area contributed by atoms with Crippen molar-refractivity contribution in [3.63, 3.8) is 0 Å². The molecule has 0 aliphatic heterocycles. The second-order valence-electron chi connectivity index (χ2n) is 5.73. The number of benzene rings is 2. The molecule has 1 amide bonds. The van der Waals surface area contributed by atoms with Gasteiger partial charge in [0.1, 0.15) is 5.75 Å². The number of fused-ring (bicyclic) bond motifs is 1. The summed E-state index contributed by atoms with van der Waals surface area (Å²) in [4.78, 5) is 20.5. The first kappa shape index (κ1) is 17.9. The summed E-state index contributed by atoms with van der Waals surface area (Å²) in [6.07, 6.45) is 1.45. The number of rotatable bonds is 5. The van der Waals surface area contributed by atoms with Crippen LogP contribution < -0.4 is 5.43 Å². The van der Waals surface area contributed by atoms with E-state index in [1.54, 1.807) is 6.07 Å². The van der Waals surface area contributed by atoms with Gasteiger partial charge in [0.25, 0.3) is 5.91 Å². The number of thioether (sulfide) groups is 1. The molecule has 0 unspecified atom stereocenters. The number of carbonyl (C=O) groups is 1. The van der Waals surface area contributed by atoms with Gasteiger partial charge in [-0.3, -0.25) is 4.79 Å². The van der Waals surface area contributed by atoms with Gasteiger partial charge in [0.05, 0.1) is 12.0 Å². The highest BCUT2D eigenvalue weighted by Gasteiger charge is 2.07. The van der Waals surface area contributed by atoms with Crippen LogP contribution >= 0.6 is 11.8 Å².